The van der Waals surface area contributed by atoms with Crippen LogP contribution < -0.4 is 5.69 Å². The Morgan fingerprint density at radius 2 is 1.86 bits per heavy atom. The van der Waals surface area contributed by atoms with Gasteiger partial charge in [0.25, 0.3) is 0 Å². The number of H-pyrrole nitrogens is 2. The lowest BCUT2D eigenvalue weighted by Gasteiger charge is -1.98. The van der Waals surface area contributed by atoms with Crippen molar-refractivity contribution in [1.82, 2.24) is 15.0 Å². The first-order valence-electron chi connectivity index (χ1n) is 4.02. The Morgan fingerprint density at radius 1 is 1.14 bits per heavy atom. The Balaban J connectivity index is 2.64. The predicted molar refractivity (Wildman–Crippen MR) is 55.5 cm³/mol. The van der Waals surface area contributed by atoms with Crippen molar-refractivity contribution < 1.29 is 0 Å². The molecule has 1 heterocycles. The highest BCUT2D eigenvalue weighted by Crippen LogP contribution is 2.10. The number of hydrogen-bond donors (Lipinski definition) is 2. The van der Waals surface area contributed by atoms with Gasteiger partial charge in [0, 0.05) is 5.56 Å². The zero-order valence-corrected chi connectivity index (χ0v) is 7.97. The fourth-order valence-electron chi connectivity index (χ4n) is 1.13. The molecule has 0 aliphatic rings. The standard InChI is InChI=1S/C9H7N3OS/c13-8-10-7(11-9(14)12-8)6-4-2-1-3-5-6/h1-5H,(H2,10,11,12,13,14). The molecule has 0 saturated carbocycles. The van der Waals surface area contributed by atoms with E-state index in [0.717, 1.165) is 5.56 Å². The molecular formula is C9H7N3OS. The zero-order chi connectivity index (χ0) is 9.97. The minimum atomic E-state index is -0.344. The van der Waals surface area contributed by atoms with Gasteiger partial charge >= 0.3 is 5.69 Å². The van der Waals surface area contributed by atoms with Crippen LogP contribution in [0.15, 0.2) is 35.1 Å². The lowest BCUT2D eigenvalue weighted by molar-refractivity contribution is 0.976. The fourth-order valence-corrected chi connectivity index (χ4v) is 1.31. The van der Waals surface area contributed by atoms with Crippen LogP contribution in [0.3, 0.4) is 0 Å². The SMILES string of the molecule is O=c1[nH]c(-c2ccccc2)nc(=S)[nH]1. The summed E-state index contributed by atoms with van der Waals surface area (Å²) in [6, 6.07) is 9.34. The second kappa shape index (κ2) is 3.55. The Labute approximate surface area is 84.7 Å². The molecule has 2 aromatic rings. The van der Waals surface area contributed by atoms with Gasteiger partial charge in [-0.15, -0.1) is 0 Å². The molecule has 0 fully saturated rings. The average Bonchev–Trinajstić information content (AvgIpc) is 2.18. The first-order chi connectivity index (χ1) is 6.75. The molecule has 2 N–H and O–H groups in total. The van der Waals surface area contributed by atoms with Crippen molar-refractivity contribution in [2.24, 2.45) is 0 Å². The van der Waals surface area contributed by atoms with Gasteiger partial charge in [0.05, 0.1) is 0 Å². The van der Waals surface area contributed by atoms with E-state index in [1.807, 2.05) is 30.3 Å². The van der Waals surface area contributed by atoms with Crippen LogP contribution in [-0.2, 0) is 0 Å². The van der Waals surface area contributed by atoms with Crippen molar-refractivity contribution in [3.63, 3.8) is 0 Å². The number of nitrogens with zero attached hydrogens (tertiary/aromatic N) is 1. The molecule has 1 aromatic heterocycles. The molecule has 0 atom stereocenters. The molecule has 0 aliphatic carbocycles. The van der Waals surface area contributed by atoms with Crippen LogP contribution in [0.1, 0.15) is 0 Å². The van der Waals surface area contributed by atoms with E-state index in [0.29, 0.717) is 5.82 Å². The van der Waals surface area contributed by atoms with E-state index in [4.69, 9.17) is 12.2 Å². The highest BCUT2D eigenvalue weighted by molar-refractivity contribution is 7.71. The Morgan fingerprint density at radius 3 is 2.50 bits per heavy atom. The molecule has 4 nitrogen and oxygen atoms in total. The zero-order valence-electron chi connectivity index (χ0n) is 7.15. The largest absolute Gasteiger partial charge is 0.326 e. The Bertz CT molecular complexity index is 515. The fraction of sp³-hybridized carbons (Fsp3) is 0. The van der Waals surface area contributed by atoms with Gasteiger partial charge in [-0.1, -0.05) is 30.3 Å². The van der Waals surface area contributed by atoms with Gasteiger partial charge in [-0.3, -0.25) is 9.97 Å². The summed E-state index contributed by atoms with van der Waals surface area (Å²) in [5.74, 6) is 0.486. The monoisotopic (exact) mass is 205 g/mol. The van der Waals surface area contributed by atoms with Gasteiger partial charge in [0.15, 0.2) is 0 Å². The number of aromatic nitrogens is 3. The van der Waals surface area contributed by atoms with E-state index < -0.39 is 0 Å². The van der Waals surface area contributed by atoms with Gasteiger partial charge in [-0.25, -0.2) is 9.78 Å². The predicted octanol–water partition coefficient (Wildman–Crippen LogP) is 1.49. The van der Waals surface area contributed by atoms with Crippen LogP contribution in [0.5, 0.6) is 0 Å². The topological polar surface area (TPSA) is 61.5 Å². The summed E-state index contributed by atoms with van der Waals surface area (Å²) in [6.45, 7) is 0. The quantitative estimate of drug-likeness (QED) is 0.693. The molecule has 0 amide bonds. The summed E-state index contributed by atoms with van der Waals surface area (Å²) < 4.78 is 0.188. The highest BCUT2D eigenvalue weighted by Gasteiger charge is 1.98. The molecule has 14 heavy (non-hydrogen) atoms. The van der Waals surface area contributed by atoms with Crippen LogP contribution in [-0.4, -0.2) is 15.0 Å². The third-order valence-electron chi connectivity index (χ3n) is 1.71. The molecule has 0 aliphatic heterocycles. The second-order valence-electron chi connectivity index (χ2n) is 2.71. The first kappa shape index (κ1) is 8.83. The molecule has 0 radical (unpaired) electrons. The second-order valence-corrected chi connectivity index (χ2v) is 3.10. The lowest BCUT2D eigenvalue weighted by Crippen LogP contribution is -2.12. The molecule has 0 bridgehead atoms. The molecule has 2 rings (SSSR count). The van der Waals surface area contributed by atoms with Gasteiger partial charge in [-0.05, 0) is 12.2 Å². The molecule has 0 unspecified atom stereocenters. The highest BCUT2D eigenvalue weighted by atomic mass is 32.1. The smallest absolute Gasteiger partial charge is 0.291 e. The van der Waals surface area contributed by atoms with Crippen LogP contribution in [0.4, 0.5) is 0 Å². The molecular weight excluding hydrogens is 198 g/mol. The third kappa shape index (κ3) is 1.77. The number of nitrogens with one attached hydrogen (secondary N) is 2. The summed E-state index contributed by atoms with van der Waals surface area (Å²) in [6.07, 6.45) is 0. The van der Waals surface area contributed by atoms with Crippen molar-refractivity contribution >= 4 is 12.2 Å². The summed E-state index contributed by atoms with van der Waals surface area (Å²) in [4.78, 5) is 20.0. The maximum atomic E-state index is 11.1. The van der Waals surface area contributed by atoms with E-state index in [1.165, 1.54) is 0 Å². The molecule has 1 aromatic carbocycles. The number of hydrogen-bond acceptors (Lipinski definition) is 3. The van der Waals surface area contributed by atoms with E-state index in [2.05, 4.69) is 15.0 Å². The first-order valence-corrected chi connectivity index (χ1v) is 4.42. The van der Waals surface area contributed by atoms with Crippen molar-refractivity contribution in [3.8, 4) is 11.4 Å². The minimum Gasteiger partial charge on any atom is -0.291 e. The van der Waals surface area contributed by atoms with E-state index in [1.54, 1.807) is 0 Å². The van der Waals surface area contributed by atoms with Crippen molar-refractivity contribution in [2.45, 2.75) is 0 Å². The van der Waals surface area contributed by atoms with Gasteiger partial charge in [0.1, 0.15) is 5.82 Å². The van der Waals surface area contributed by atoms with E-state index >= 15 is 0 Å². The average molecular weight is 205 g/mol. The van der Waals surface area contributed by atoms with Crippen molar-refractivity contribution in [2.75, 3.05) is 0 Å². The number of rotatable bonds is 1. The van der Waals surface area contributed by atoms with Gasteiger partial charge in [0.2, 0.25) is 4.77 Å². The number of benzene rings is 1. The van der Waals surface area contributed by atoms with Crippen LogP contribution in [0, 0.1) is 4.77 Å². The Kier molecular flexibility index (Phi) is 2.24. The maximum absolute atomic E-state index is 11.1. The summed E-state index contributed by atoms with van der Waals surface area (Å²) in [5.41, 5.74) is 0.494. The normalized spacial score (nSPS) is 10.0. The summed E-state index contributed by atoms with van der Waals surface area (Å²) in [5, 5.41) is 0. The van der Waals surface area contributed by atoms with Gasteiger partial charge in [-0.2, -0.15) is 0 Å². The summed E-state index contributed by atoms with van der Waals surface area (Å²) >= 11 is 4.80. The van der Waals surface area contributed by atoms with Gasteiger partial charge < -0.3 is 0 Å². The lowest BCUT2D eigenvalue weighted by atomic mass is 10.2. The maximum Gasteiger partial charge on any atom is 0.326 e. The van der Waals surface area contributed by atoms with Crippen molar-refractivity contribution in [1.29, 1.82) is 0 Å². The molecule has 0 saturated heterocycles. The minimum absolute atomic E-state index is 0.188. The van der Waals surface area contributed by atoms with E-state index in [9.17, 15) is 4.79 Å². The molecule has 70 valence electrons. The van der Waals surface area contributed by atoms with Crippen LogP contribution in [0.2, 0.25) is 0 Å². The van der Waals surface area contributed by atoms with Crippen LogP contribution >= 0.6 is 12.2 Å². The van der Waals surface area contributed by atoms with Crippen molar-refractivity contribution in [3.05, 3.63) is 45.6 Å². The number of aromatic amines is 2. The Hall–Kier alpha value is -1.75. The molecule has 5 heteroatoms. The summed E-state index contributed by atoms with van der Waals surface area (Å²) in [7, 11) is 0. The third-order valence-corrected chi connectivity index (χ3v) is 1.91. The molecule has 0 spiro atoms. The van der Waals surface area contributed by atoms with Crippen LogP contribution in [0.25, 0.3) is 11.4 Å². The van der Waals surface area contributed by atoms with E-state index in [-0.39, 0.29) is 10.5 Å².